The molecule has 114 valence electrons. The maximum absolute atomic E-state index is 11.5. The van der Waals surface area contributed by atoms with Gasteiger partial charge in [0.2, 0.25) is 0 Å². The van der Waals surface area contributed by atoms with E-state index in [0.717, 1.165) is 0 Å². The largest absolute Gasteiger partial charge is 0.408 e. The summed E-state index contributed by atoms with van der Waals surface area (Å²) >= 11 is 0. The summed E-state index contributed by atoms with van der Waals surface area (Å²) in [6.07, 6.45) is 0.299. The number of esters is 1. The quantitative estimate of drug-likeness (QED) is 0.547. The van der Waals surface area contributed by atoms with Crippen LogP contribution in [-0.4, -0.2) is 25.2 Å². The van der Waals surface area contributed by atoms with E-state index >= 15 is 0 Å². The third-order valence-corrected chi connectivity index (χ3v) is 2.12. The van der Waals surface area contributed by atoms with E-state index in [9.17, 15) is 4.79 Å². The lowest BCUT2D eigenvalue weighted by atomic mass is 9.98. The molecule has 0 aliphatic carbocycles. The summed E-state index contributed by atoms with van der Waals surface area (Å²) in [4.78, 5) is 11.5. The minimum atomic E-state index is -1.31. The zero-order valence-electron chi connectivity index (χ0n) is 13.8. The molecule has 19 heavy (non-hydrogen) atoms. The van der Waals surface area contributed by atoms with E-state index in [1.54, 1.807) is 13.8 Å². The van der Waals surface area contributed by atoms with Crippen molar-refractivity contribution in [2.24, 2.45) is 10.8 Å². The molecular weight excluding hydrogens is 244 g/mol. The molecule has 0 saturated carbocycles. The lowest BCUT2D eigenvalue weighted by Gasteiger charge is -2.34. The van der Waals surface area contributed by atoms with E-state index in [-0.39, 0.29) is 16.8 Å². The Balaban J connectivity index is 4.66. The highest BCUT2D eigenvalue weighted by Gasteiger charge is 2.34. The minimum absolute atomic E-state index is 0.0228. The molecule has 4 heteroatoms. The first-order valence-electron chi connectivity index (χ1n) is 6.87. The van der Waals surface area contributed by atoms with E-state index in [1.807, 2.05) is 0 Å². The van der Waals surface area contributed by atoms with Gasteiger partial charge in [-0.25, -0.2) is 0 Å². The Kier molecular flexibility index (Phi) is 6.49. The van der Waals surface area contributed by atoms with Crippen LogP contribution < -0.4 is 0 Å². The fraction of sp³-hybridized carbons (Fsp3) is 0.933. The second-order valence-corrected chi connectivity index (χ2v) is 7.39. The van der Waals surface area contributed by atoms with Crippen LogP contribution in [-0.2, 0) is 19.0 Å². The zero-order chi connectivity index (χ0) is 15.3. The molecule has 0 N–H and O–H groups in total. The van der Waals surface area contributed by atoms with E-state index in [1.165, 1.54) is 0 Å². The van der Waals surface area contributed by atoms with E-state index in [4.69, 9.17) is 14.2 Å². The Hall–Kier alpha value is -0.610. The molecule has 0 bridgehead atoms. The molecule has 0 heterocycles. The molecule has 0 rings (SSSR count). The standard InChI is InChI=1S/C15H30O4/c1-9-12(16)19-15(8,17-10-13(2,3)4)18-11-14(5,6)7/h9-11H2,1-8H3. The summed E-state index contributed by atoms with van der Waals surface area (Å²) in [5, 5.41) is 0. The molecule has 0 atom stereocenters. The second kappa shape index (κ2) is 6.71. The highest BCUT2D eigenvalue weighted by atomic mass is 16.9. The van der Waals surface area contributed by atoms with Crippen LogP contribution >= 0.6 is 0 Å². The third kappa shape index (κ3) is 9.91. The van der Waals surface area contributed by atoms with E-state index < -0.39 is 5.97 Å². The Morgan fingerprint density at radius 1 is 0.842 bits per heavy atom. The predicted molar refractivity (Wildman–Crippen MR) is 75.6 cm³/mol. The Bertz CT molecular complexity index is 266. The lowest BCUT2D eigenvalue weighted by Crippen LogP contribution is -2.42. The van der Waals surface area contributed by atoms with E-state index in [0.29, 0.717) is 19.6 Å². The number of hydrogen-bond donors (Lipinski definition) is 0. The van der Waals surface area contributed by atoms with Gasteiger partial charge >= 0.3 is 11.9 Å². The summed E-state index contributed by atoms with van der Waals surface area (Å²) in [6, 6.07) is 0. The zero-order valence-corrected chi connectivity index (χ0v) is 13.8. The van der Waals surface area contributed by atoms with Crippen molar-refractivity contribution in [1.82, 2.24) is 0 Å². The van der Waals surface area contributed by atoms with Crippen molar-refractivity contribution in [2.75, 3.05) is 13.2 Å². The average molecular weight is 274 g/mol. The van der Waals surface area contributed by atoms with Crippen molar-refractivity contribution < 1.29 is 19.0 Å². The van der Waals surface area contributed by atoms with Crippen molar-refractivity contribution in [3.63, 3.8) is 0 Å². The van der Waals surface area contributed by atoms with Crippen molar-refractivity contribution in [2.45, 2.75) is 67.8 Å². The molecule has 0 saturated heterocycles. The van der Waals surface area contributed by atoms with Gasteiger partial charge < -0.3 is 14.2 Å². The summed E-state index contributed by atoms with van der Waals surface area (Å²) in [5.41, 5.74) is -0.0457. The first-order valence-corrected chi connectivity index (χ1v) is 6.87. The number of rotatable bonds is 6. The Morgan fingerprint density at radius 2 is 1.21 bits per heavy atom. The Morgan fingerprint density at radius 3 is 1.47 bits per heavy atom. The first-order chi connectivity index (χ1) is 8.37. The molecule has 4 nitrogen and oxygen atoms in total. The molecule has 0 spiro atoms. The van der Waals surface area contributed by atoms with E-state index in [2.05, 4.69) is 41.5 Å². The molecule has 0 aliphatic rings. The van der Waals surface area contributed by atoms with Gasteiger partial charge in [-0.2, -0.15) is 0 Å². The number of ether oxygens (including phenoxy) is 3. The molecular formula is C15H30O4. The molecule has 0 aromatic heterocycles. The van der Waals surface area contributed by atoms with Gasteiger partial charge in [0.05, 0.1) is 13.2 Å². The van der Waals surface area contributed by atoms with Crippen LogP contribution in [0.1, 0.15) is 61.8 Å². The summed E-state index contributed by atoms with van der Waals surface area (Å²) in [6.45, 7) is 16.6. The van der Waals surface area contributed by atoms with Gasteiger partial charge in [0.15, 0.2) is 0 Å². The monoisotopic (exact) mass is 274 g/mol. The van der Waals surface area contributed by atoms with Crippen LogP contribution in [0.15, 0.2) is 0 Å². The summed E-state index contributed by atoms with van der Waals surface area (Å²) < 4.78 is 16.7. The summed E-state index contributed by atoms with van der Waals surface area (Å²) in [7, 11) is 0. The van der Waals surface area contributed by atoms with Crippen LogP contribution in [0.5, 0.6) is 0 Å². The fourth-order valence-electron chi connectivity index (χ4n) is 1.07. The molecule has 0 amide bonds. The van der Waals surface area contributed by atoms with Gasteiger partial charge in [0.25, 0.3) is 0 Å². The maximum Gasteiger partial charge on any atom is 0.326 e. The summed E-state index contributed by atoms with van der Waals surface area (Å²) in [5.74, 6) is -1.64. The second-order valence-electron chi connectivity index (χ2n) is 7.39. The van der Waals surface area contributed by atoms with Crippen LogP contribution in [0, 0.1) is 10.8 Å². The SMILES string of the molecule is CCC(=O)OC(C)(OCC(C)(C)C)OCC(C)(C)C. The fourth-order valence-corrected chi connectivity index (χ4v) is 1.07. The molecule has 0 fully saturated rings. The molecule has 0 aromatic rings. The smallest absolute Gasteiger partial charge is 0.326 e. The van der Waals surface area contributed by atoms with Gasteiger partial charge in [-0.15, -0.1) is 0 Å². The predicted octanol–water partition coefficient (Wildman–Crippen LogP) is 3.74. The van der Waals surface area contributed by atoms with Crippen LogP contribution in [0.2, 0.25) is 0 Å². The number of hydrogen-bond acceptors (Lipinski definition) is 4. The number of carbonyl (C=O) groups is 1. The maximum atomic E-state index is 11.5. The van der Waals surface area contributed by atoms with Gasteiger partial charge in [0.1, 0.15) is 0 Å². The van der Waals surface area contributed by atoms with Crippen LogP contribution in [0.25, 0.3) is 0 Å². The molecule has 0 radical (unpaired) electrons. The minimum Gasteiger partial charge on any atom is -0.408 e. The average Bonchev–Trinajstić information content (AvgIpc) is 2.22. The number of carbonyl (C=O) groups excluding carboxylic acids is 1. The van der Waals surface area contributed by atoms with Crippen molar-refractivity contribution in [3.8, 4) is 0 Å². The molecule has 0 unspecified atom stereocenters. The first kappa shape index (κ1) is 18.4. The van der Waals surface area contributed by atoms with Crippen molar-refractivity contribution in [1.29, 1.82) is 0 Å². The highest BCUT2D eigenvalue weighted by molar-refractivity contribution is 5.69. The van der Waals surface area contributed by atoms with Crippen LogP contribution in [0.3, 0.4) is 0 Å². The van der Waals surface area contributed by atoms with Crippen molar-refractivity contribution >= 4 is 5.97 Å². The highest BCUT2D eigenvalue weighted by Crippen LogP contribution is 2.25. The lowest BCUT2D eigenvalue weighted by molar-refractivity contribution is -0.363. The van der Waals surface area contributed by atoms with Crippen LogP contribution in [0.4, 0.5) is 0 Å². The molecule has 0 aliphatic heterocycles. The van der Waals surface area contributed by atoms with Crippen molar-refractivity contribution in [3.05, 3.63) is 0 Å². The third-order valence-electron chi connectivity index (χ3n) is 2.12. The van der Waals surface area contributed by atoms with Gasteiger partial charge in [-0.05, 0) is 10.8 Å². The van der Waals surface area contributed by atoms with Gasteiger partial charge in [-0.1, -0.05) is 48.5 Å². The Labute approximate surface area is 117 Å². The van der Waals surface area contributed by atoms with Gasteiger partial charge in [-0.3, -0.25) is 4.79 Å². The van der Waals surface area contributed by atoms with Gasteiger partial charge in [0, 0.05) is 13.3 Å². The topological polar surface area (TPSA) is 44.8 Å². The normalized spacial score (nSPS) is 13.5. The molecule has 0 aromatic carbocycles.